The standard InChI is InChI=1S/C14H27N3O/c1-4-15-14(18)10(3)17(5-2)13-8-11-6-7-12(9-13)16-11/h10-13,16H,4-9H2,1-3H3,(H,15,18). The van der Waals surface area contributed by atoms with Gasteiger partial charge in [-0.25, -0.2) is 0 Å². The second-order valence-corrected chi connectivity index (χ2v) is 5.66. The van der Waals surface area contributed by atoms with Gasteiger partial charge in [0, 0.05) is 24.7 Å². The molecule has 104 valence electrons. The number of hydrogen-bond donors (Lipinski definition) is 2. The SMILES string of the molecule is CCNC(=O)C(C)N(CC)C1CC2CCC(C1)N2. The van der Waals surface area contributed by atoms with Crippen LogP contribution in [0.2, 0.25) is 0 Å². The molecular weight excluding hydrogens is 226 g/mol. The van der Waals surface area contributed by atoms with Gasteiger partial charge < -0.3 is 10.6 Å². The third-order valence-electron chi connectivity index (χ3n) is 4.51. The first-order valence-electron chi connectivity index (χ1n) is 7.45. The summed E-state index contributed by atoms with van der Waals surface area (Å²) in [6.07, 6.45) is 5.03. The Kier molecular flexibility index (Phi) is 4.62. The number of amides is 1. The minimum Gasteiger partial charge on any atom is -0.355 e. The predicted octanol–water partition coefficient (Wildman–Crippen LogP) is 1.12. The van der Waals surface area contributed by atoms with E-state index in [1.54, 1.807) is 0 Å². The zero-order valence-electron chi connectivity index (χ0n) is 11.9. The number of piperidine rings is 1. The predicted molar refractivity (Wildman–Crippen MR) is 73.5 cm³/mol. The van der Waals surface area contributed by atoms with E-state index < -0.39 is 0 Å². The number of fused-ring (bicyclic) bond motifs is 2. The molecule has 0 saturated carbocycles. The van der Waals surface area contributed by atoms with Gasteiger partial charge >= 0.3 is 0 Å². The number of hydrogen-bond acceptors (Lipinski definition) is 3. The maximum Gasteiger partial charge on any atom is 0.237 e. The highest BCUT2D eigenvalue weighted by Crippen LogP contribution is 2.30. The molecule has 0 aliphatic carbocycles. The van der Waals surface area contributed by atoms with E-state index >= 15 is 0 Å². The summed E-state index contributed by atoms with van der Waals surface area (Å²) in [4.78, 5) is 14.4. The zero-order chi connectivity index (χ0) is 13.1. The van der Waals surface area contributed by atoms with Crippen LogP contribution in [0.4, 0.5) is 0 Å². The van der Waals surface area contributed by atoms with Crippen molar-refractivity contribution >= 4 is 5.91 Å². The van der Waals surface area contributed by atoms with Gasteiger partial charge in [-0.3, -0.25) is 9.69 Å². The van der Waals surface area contributed by atoms with Crippen molar-refractivity contribution < 1.29 is 4.79 Å². The van der Waals surface area contributed by atoms with Crippen molar-refractivity contribution in [1.29, 1.82) is 0 Å². The fourth-order valence-electron chi connectivity index (χ4n) is 3.62. The molecule has 2 N–H and O–H groups in total. The average molecular weight is 253 g/mol. The summed E-state index contributed by atoms with van der Waals surface area (Å²) in [6.45, 7) is 7.87. The summed E-state index contributed by atoms with van der Waals surface area (Å²) in [5.74, 6) is 0.172. The van der Waals surface area contributed by atoms with E-state index in [1.807, 2.05) is 13.8 Å². The maximum absolute atomic E-state index is 12.0. The Morgan fingerprint density at radius 2 is 1.94 bits per heavy atom. The Labute approximate surface area is 110 Å². The van der Waals surface area contributed by atoms with Gasteiger partial charge in [0.05, 0.1) is 6.04 Å². The third kappa shape index (κ3) is 2.86. The van der Waals surface area contributed by atoms with Crippen LogP contribution in [0, 0.1) is 0 Å². The molecule has 3 atom stereocenters. The van der Waals surface area contributed by atoms with Crippen molar-refractivity contribution in [1.82, 2.24) is 15.5 Å². The Morgan fingerprint density at radius 1 is 1.33 bits per heavy atom. The number of nitrogens with zero attached hydrogens (tertiary/aromatic N) is 1. The van der Waals surface area contributed by atoms with E-state index in [2.05, 4.69) is 22.5 Å². The van der Waals surface area contributed by atoms with Gasteiger partial charge in [0.25, 0.3) is 0 Å². The minimum atomic E-state index is -0.00236. The lowest BCUT2D eigenvalue weighted by atomic mass is 9.96. The van der Waals surface area contributed by atoms with Gasteiger partial charge in [-0.2, -0.15) is 0 Å². The summed E-state index contributed by atoms with van der Waals surface area (Å²) in [5, 5.41) is 6.61. The molecule has 0 spiro atoms. The molecule has 2 fully saturated rings. The summed E-state index contributed by atoms with van der Waals surface area (Å²) in [5.41, 5.74) is 0. The van der Waals surface area contributed by atoms with Gasteiger partial charge in [-0.15, -0.1) is 0 Å². The normalized spacial score (nSPS) is 32.6. The van der Waals surface area contributed by atoms with Gasteiger partial charge in [0.15, 0.2) is 0 Å². The van der Waals surface area contributed by atoms with Crippen LogP contribution in [-0.4, -0.2) is 48.1 Å². The lowest BCUT2D eigenvalue weighted by molar-refractivity contribution is -0.127. The lowest BCUT2D eigenvalue weighted by Crippen LogP contribution is -2.54. The molecule has 2 heterocycles. The van der Waals surface area contributed by atoms with E-state index in [0.29, 0.717) is 18.1 Å². The first-order chi connectivity index (χ1) is 8.65. The van der Waals surface area contributed by atoms with Crippen molar-refractivity contribution in [2.45, 2.75) is 70.6 Å². The molecule has 2 bridgehead atoms. The Bertz CT molecular complexity index is 283. The molecule has 2 aliphatic rings. The number of rotatable bonds is 5. The first-order valence-corrected chi connectivity index (χ1v) is 7.45. The summed E-state index contributed by atoms with van der Waals surface area (Å²) in [6, 6.07) is 1.94. The second kappa shape index (κ2) is 6.02. The number of carbonyl (C=O) groups is 1. The van der Waals surface area contributed by atoms with Crippen LogP contribution >= 0.6 is 0 Å². The molecule has 2 rings (SSSR count). The highest BCUT2D eigenvalue weighted by molar-refractivity contribution is 5.81. The van der Waals surface area contributed by atoms with Crippen molar-refractivity contribution in [2.75, 3.05) is 13.1 Å². The van der Waals surface area contributed by atoms with Gasteiger partial charge in [0.2, 0.25) is 5.91 Å². The fourth-order valence-corrected chi connectivity index (χ4v) is 3.62. The summed E-state index contributed by atoms with van der Waals surface area (Å²) in [7, 11) is 0. The molecular formula is C14H27N3O. The third-order valence-corrected chi connectivity index (χ3v) is 4.51. The van der Waals surface area contributed by atoms with Crippen LogP contribution < -0.4 is 10.6 Å². The van der Waals surface area contributed by atoms with Crippen LogP contribution in [0.25, 0.3) is 0 Å². The molecule has 4 nitrogen and oxygen atoms in total. The van der Waals surface area contributed by atoms with Gasteiger partial charge in [-0.05, 0) is 46.1 Å². The van der Waals surface area contributed by atoms with Gasteiger partial charge in [0.1, 0.15) is 0 Å². The van der Waals surface area contributed by atoms with Crippen molar-refractivity contribution in [2.24, 2.45) is 0 Å². The van der Waals surface area contributed by atoms with E-state index in [9.17, 15) is 4.79 Å². The Balaban J connectivity index is 1.97. The van der Waals surface area contributed by atoms with Crippen LogP contribution in [-0.2, 0) is 4.79 Å². The van der Waals surface area contributed by atoms with E-state index in [0.717, 1.165) is 13.1 Å². The highest BCUT2D eigenvalue weighted by Gasteiger charge is 2.37. The number of carbonyl (C=O) groups excluding carboxylic acids is 1. The van der Waals surface area contributed by atoms with E-state index in [-0.39, 0.29) is 11.9 Å². The molecule has 18 heavy (non-hydrogen) atoms. The molecule has 0 radical (unpaired) electrons. The molecule has 2 saturated heterocycles. The van der Waals surface area contributed by atoms with Crippen LogP contribution in [0.3, 0.4) is 0 Å². The van der Waals surface area contributed by atoms with Crippen molar-refractivity contribution in [3.63, 3.8) is 0 Å². The molecule has 0 aromatic rings. The maximum atomic E-state index is 12.0. The van der Waals surface area contributed by atoms with Gasteiger partial charge in [-0.1, -0.05) is 6.92 Å². The Hall–Kier alpha value is -0.610. The summed E-state index contributed by atoms with van der Waals surface area (Å²) < 4.78 is 0. The molecule has 0 aromatic carbocycles. The Morgan fingerprint density at radius 3 is 2.44 bits per heavy atom. The average Bonchev–Trinajstić information content (AvgIpc) is 2.69. The van der Waals surface area contributed by atoms with E-state index in [1.165, 1.54) is 25.7 Å². The van der Waals surface area contributed by atoms with E-state index in [4.69, 9.17) is 0 Å². The largest absolute Gasteiger partial charge is 0.355 e. The first kappa shape index (κ1) is 13.8. The summed E-state index contributed by atoms with van der Waals surface area (Å²) >= 11 is 0. The van der Waals surface area contributed by atoms with Crippen LogP contribution in [0.15, 0.2) is 0 Å². The van der Waals surface area contributed by atoms with Crippen LogP contribution in [0.1, 0.15) is 46.5 Å². The lowest BCUT2D eigenvalue weighted by Gasteiger charge is -2.40. The highest BCUT2D eigenvalue weighted by atomic mass is 16.2. The fraction of sp³-hybridized carbons (Fsp3) is 0.929. The van der Waals surface area contributed by atoms with Crippen molar-refractivity contribution in [3.8, 4) is 0 Å². The zero-order valence-corrected chi connectivity index (χ0v) is 11.9. The molecule has 1 amide bonds. The monoisotopic (exact) mass is 253 g/mol. The molecule has 2 aliphatic heterocycles. The number of likely N-dealkylation sites (N-methyl/N-ethyl adjacent to an activating group) is 2. The molecule has 3 unspecified atom stereocenters. The van der Waals surface area contributed by atoms with Crippen molar-refractivity contribution in [3.05, 3.63) is 0 Å². The van der Waals surface area contributed by atoms with Crippen LogP contribution in [0.5, 0.6) is 0 Å². The smallest absolute Gasteiger partial charge is 0.237 e. The molecule has 0 aromatic heterocycles. The number of nitrogens with one attached hydrogen (secondary N) is 2. The molecule has 4 heteroatoms. The minimum absolute atomic E-state index is 0.00236. The quantitative estimate of drug-likeness (QED) is 0.771. The second-order valence-electron chi connectivity index (χ2n) is 5.66. The topological polar surface area (TPSA) is 44.4 Å².